The Morgan fingerprint density at radius 3 is 2.37 bits per heavy atom. The Morgan fingerprint density at radius 1 is 1.19 bits per heavy atom. The van der Waals surface area contributed by atoms with Gasteiger partial charge in [0.2, 0.25) is 17.0 Å². The van der Waals surface area contributed by atoms with Gasteiger partial charge in [0, 0.05) is 5.69 Å². The lowest BCUT2D eigenvalue weighted by molar-refractivity contribution is -0.146. The molecule has 2 aromatic rings. The van der Waals surface area contributed by atoms with E-state index < -0.39 is 23.8 Å². The van der Waals surface area contributed by atoms with Gasteiger partial charge in [-0.25, -0.2) is 4.68 Å². The molecule has 0 atom stereocenters. The van der Waals surface area contributed by atoms with Gasteiger partial charge in [-0.1, -0.05) is 30.0 Å². The maximum absolute atomic E-state index is 12.6. The van der Waals surface area contributed by atoms with Crippen molar-refractivity contribution in [2.45, 2.75) is 25.2 Å². The summed E-state index contributed by atoms with van der Waals surface area (Å²) in [5.41, 5.74) is 2.43. The van der Waals surface area contributed by atoms with Crippen LogP contribution in [0.25, 0.3) is 0 Å². The molecule has 2 amide bonds. The summed E-state index contributed by atoms with van der Waals surface area (Å²) in [4.78, 5) is 23.7. The van der Waals surface area contributed by atoms with Crippen LogP contribution in [0.15, 0.2) is 23.4 Å². The van der Waals surface area contributed by atoms with E-state index in [-0.39, 0.29) is 22.1 Å². The molecule has 1 aromatic heterocycles. The smallest absolute Gasteiger partial charge is 0.346 e. The van der Waals surface area contributed by atoms with Gasteiger partial charge in [-0.3, -0.25) is 9.59 Å². The van der Waals surface area contributed by atoms with Crippen LogP contribution in [-0.4, -0.2) is 39.0 Å². The van der Waals surface area contributed by atoms with Crippen LogP contribution in [0.3, 0.4) is 0 Å². The average molecular weight is 402 g/mol. The van der Waals surface area contributed by atoms with Crippen molar-refractivity contribution >= 4 is 29.3 Å². The van der Waals surface area contributed by atoms with Gasteiger partial charge < -0.3 is 16.5 Å². The van der Waals surface area contributed by atoms with E-state index in [1.54, 1.807) is 0 Å². The fourth-order valence-electron chi connectivity index (χ4n) is 2.12. The number of aromatic nitrogens is 3. The molecular weight excluding hydrogens is 385 g/mol. The number of hydrogen-bond acceptors (Lipinski definition) is 6. The Hall–Kier alpha value is -2.76. The molecule has 27 heavy (non-hydrogen) atoms. The summed E-state index contributed by atoms with van der Waals surface area (Å²) in [6.45, 7) is 3.41. The molecule has 0 spiro atoms. The first-order valence-electron chi connectivity index (χ1n) is 7.63. The number of nitrogen functional groups attached to an aromatic ring is 1. The van der Waals surface area contributed by atoms with Gasteiger partial charge in [-0.05, 0) is 25.0 Å². The summed E-state index contributed by atoms with van der Waals surface area (Å²) in [5.74, 6) is 2.64. The Bertz CT molecular complexity index is 832. The molecule has 0 aliphatic rings. The summed E-state index contributed by atoms with van der Waals surface area (Å²) >= 11 is 0.673. The van der Waals surface area contributed by atoms with Gasteiger partial charge in [0.15, 0.2) is 0 Å². The third-order valence-corrected chi connectivity index (χ3v) is 4.39. The number of halogens is 3. The largest absolute Gasteiger partial charge is 0.453 e. The van der Waals surface area contributed by atoms with Gasteiger partial charge in [0.05, 0.1) is 12.3 Å². The molecule has 146 valence electrons. The summed E-state index contributed by atoms with van der Waals surface area (Å²) in [6, 6.07) is 5.55. The molecule has 1 aromatic carbocycles. The fourth-order valence-corrected chi connectivity index (χ4v) is 2.81. The van der Waals surface area contributed by atoms with Crippen molar-refractivity contribution in [1.29, 1.82) is 0 Å². The molecular formula is C15H17F3N6O2S. The number of amides is 2. The molecule has 12 heteroatoms. The van der Waals surface area contributed by atoms with Gasteiger partial charge in [-0.2, -0.15) is 13.2 Å². The van der Waals surface area contributed by atoms with Crippen LogP contribution in [0.4, 0.5) is 18.9 Å². The third kappa shape index (κ3) is 5.36. The standard InChI is InChI=1S/C15H17F3N6O2S/c1-8-4-3-5-9(2)12(8)21-10(25)6-20-11(26)7-27-14-23-22-13(24(14)19)15(16,17)18/h3-5H,6-7,19H2,1-2H3,(H,20,26)(H,21,25). The number of hydrogen-bond donors (Lipinski definition) is 3. The number of thioether (sulfide) groups is 1. The predicted octanol–water partition coefficient (Wildman–Crippen LogP) is 1.47. The van der Waals surface area contributed by atoms with E-state index in [4.69, 9.17) is 5.84 Å². The lowest BCUT2D eigenvalue weighted by Crippen LogP contribution is -2.34. The normalized spacial score (nSPS) is 11.3. The maximum Gasteiger partial charge on any atom is 0.453 e. The van der Waals surface area contributed by atoms with Gasteiger partial charge in [-0.15, -0.1) is 10.2 Å². The number of carbonyl (C=O) groups excluding carboxylic acids is 2. The number of nitrogens with zero attached hydrogens (tertiary/aromatic N) is 3. The van der Waals surface area contributed by atoms with Crippen molar-refractivity contribution in [3.8, 4) is 0 Å². The van der Waals surface area contributed by atoms with Crippen LogP contribution in [0, 0.1) is 13.8 Å². The van der Waals surface area contributed by atoms with Crippen molar-refractivity contribution in [1.82, 2.24) is 20.2 Å². The zero-order valence-electron chi connectivity index (χ0n) is 14.4. The second kappa shape index (κ2) is 8.29. The van der Waals surface area contributed by atoms with E-state index in [0.29, 0.717) is 17.4 Å². The van der Waals surface area contributed by atoms with Crippen molar-refractivity contribution in [3.05, 3.63) is 35.2 Å². The number of benzene rings is 1. The lowest BCUT2D eigenvalue weighted by atomic mass is 10.1. The first-order valence-corrected chi connectivity index (χ1v) is 8.61. The van der Waals surface area contributed by atoms with Gasteiger partial charge >= 0.3 is 6.18 Å². The van der Waals surface area contributed by atoms with E-state index in [1.807, 2.05) is 32.0 Å². The first-order chi connectivity index (χ1) is 12.6. The monoisotopic (exact) mass is 402 g/mol. The molecule has 4 N–H and O–H groups in total. The molecule has 0 saturated carbocycles. The molecule has 8 nitrogen and oxygen atoms in total. The number of nitrogens with two attached hydrogens (primary N) is 1. The van der Waals surface area contributed by atoms with Crippen LogP contribution in [-0.2, 0) is 15.8 Å². The molecule has 0 saturated heterocycles. The summed E-state index contributed by atoms with van der Waals surface area (Å²) in [6.07, 6.45) is -4.74. The SMILES string of the molecule is Cc1cccc(C)c1NC(=O)CNC(=O)CSc1nnc(C(F)(F)F)n1N. The van der Waals surface area contributed by atoms with E-state index >= 15 is 0 Å². The molecule has 1 heterocycles. The van der Waals surface area contributed by atoms with E-state index in [0.717, 1.165) is 11.1 Å². The highest BCUT2D eigenvalue weighted by atomic mass is 32.2. The lowest BCUT2D eigenvalue weighted by Gasteiger charge is -2.11. The Balaban J connectivity index is 1.83. The molecule has 0 unspecified atom stereocenters. The number of rotatable bonds is 6. The molecule has 0 bridgehead atoms. The number of alkyl halides is 3. The number of nitrogens with one attached hydrogen (secondary N) is 2. The second-order valence-electron chi connectivity index (χ2n) is 5.55. The molecule has 0 aliphatic heterocycles. The van der Waals surface area contributed by atoms with Crippen LogP contribution >= 0.6 is 11.8 Å². The van der Waals surface area contributed by atoms with Crippen molar-refractivity contribution in [2.24, 2.45) is 0 Å². The zero-order chi connectivity index (χ0) is 20.2. The summed E-state index contributed by atoms with van der Waals surface area (Å²) in [7, 11) is 0. The van der Waals surface area contributed by atoms with Crippen LogP contribution in [0.2, 0.25) is 0 Å². The second-order valence-corrected chi connectivity index (χ2v) is 6.50. The van der Waals surface area contributed by atoms with Crippen LogP contribution < -0.4 is 16.5 Å². The Morgan fingerprint density at radius 2 is 1.81 bits per heavy atom. The third-order valence-electron chi connectivity index (χ3n) is 3.44. The molecule has 0 fully saturated rings. The fraction of sp³-hybridized carbons (Fsp3) is 0.333. The summed E-state index contributed by atoms with van der Waals surface area (Å²) < 4.78 is 38.0. The minimum atomic E-state index is -4.74. The Labute approximate surface area is 156 Å². The van der Waals surface area contributed by atoms with E-state index in [1.165, 1.54) is 0 Å². The highest BCUT2D eigenvalue weighted by molar-refractivity contribution is 7.99. The number of aryl methyl sites for hydroxylation is 2. The molecule has 0 radical (unpaired) electrons. The van der Waals surface area contributed by atoms with Crippen LogP contribution in [0.5, 0.6) is 0 Å². The quantitative estimate of drug-likeness (QED) is 0.498. The van der Waals surface area contributed by atoms with Crippen molar-refractivity contribution in [3.63, 3.8) is 0 Å². The minimum absolute atomic E-state index is 0.266. The minimum Gasteiger partial charge on any atom is -0.346 e. The topological polar surface area (TPSA) is 115 Å². The average Bonchev–Trinajstić information content (AvgIpc) is 2.95. The maximum atomic E-state index is 12.6. The highest BCUT2D eigenvalue weighted by Crippen LogP contribution is 2.28. The van der Waals surface area contributed by atoms with Crippen molar-refractivity contribution < 1.29 is 22.8 Å². The number of anilines is 1. The number of carbonyl (C=O) groups is 2. The summed E-state index contributed by atoms with van der Waals surface area (Å²) in [5, 5.41) is 11.1. The van der Waals surface area contributed by atoms with Gasteiger partial charge in [0.25, 0.3) is 5.82 Å². The highest BCUT2D eigenvalue weighted by Gasteiger charge is 2.38. The molecule has 0 aliphatic carbocycles. The van der Waals surface area contributed by atoms with Gasteiger partial charge in [0.1, 0.15) is 0 Å². The molecule has 2 rings (SSSR count). The zero-order valence-corrected chi connectivity index (χ0v) is 15.2. The first kappa shape index (κ1) is 20.6. The van der Waals surface area contributed by atoms with E-state index in [2.05, 4.69) is 20.8 Å². The van der Waals surface area contributed by atoms with Crippen molar-refractivity contribution in [2.75, 3.05) is 23.5 Å². The van der Waals surface area contributed by atoms with Crippen LogP contribution in [0.1, 0.15) is 17.0 Å². The van der Waals surface area contributed by atoms with E-state index in [9.17, 15) is 22.8 Å². The Kier molecular flexibility index (Phi) is 6.31. The number of para-hydroxylation sites is 1. The predicted molar refractivity (Wildman–Crippen MR) is 93.5 cm³/mol.